The van der Waals surface area contributed by atoms with Crippen LogP contribution >= 0.6 is 11.3 Å². The van der Waals surface area contributed by atoms with E-state index in [1.165, 1.54) is 4.88 Å². The van der Waals surface area contributed by atoms with Crippen molar-refractivity contribution in [2.75, 3.05) is 26.3 Å². The standard InChI is InChI=1S/C26H30N2O4S/c1-17-12-21(7-8-24(17)20(4)29)32-16-22-14-27(9-10-31-22)26(30)25-13-18(2)28(19(25)3)15-23-6-5-11-33-23/h5-8,11-13,22H,9-10,14-16H2,1-4H3. The topological polar surface area (TPSA) is 60.8 Å². The van der Waals surface area contributed by atoms with E-state index in [-0.39, 0.29) is 17.8 Å². The zero-order chi connectivity index (χ0) is 23.5. The molecule has 1 fully saturated rings. The highest BCUT2D eigenvalue weighted by Crippen LogP contribution is 2.22. The van der Waals surface area contributed by atoms with E-state index in [4.69, 9.17) is 9.47 Å². The maximum Gasteiger partial charge on any atom is 0.255 e. The number of aromatic nitrogens is 1. The molecular weight excluding hydrogens is 436 g/mol. The monoisotopic (exact) mass is 466 g/mol. The number of carbonyl (C=O) groups excluding carboxylic acids is 2. The minimum absolute atomic E-state index is 0.0375. The number of rotatable bonds is 7. The molecule has 0 radical (unpaired) electrons. The lowest BCUT2D eigenvalue weighted by atomic mass is 10.1. The Kier molecular flexibility index (Phi) is 7.00. The van der Waals surface area contributed by atoms with Gasteiger partial charge >= 0.3 is 0 Å². The zero-order valence-electron chi connectivity index (χ0n) is 19.6. The van der Waals surface area contributed by atoms with Gasteiger partial charge in [-0.15, -0.1) is 11.3 Å². The summed E-state index contributed by atoms with van der Waals surface area (Å²) in [7, 11) is 0. The van der Waals surface area contributed by atoms with Crippen LogP contribution in [0.3, 0.4) is 0 Å². The number of aryl methyl sites for hydroxylation is 2. The van der Waals surface area contributed by atoms with Gasteiger partial charge in [0.05, 0.1) is 25.3 Å². The number of hydrogen-bond donors (Lipinski definition) is 0. The summed E-state index contributed by atoms with van der Waals surface area (Å²) in [6.45, 7) is 10.2. The van der Waals surface area contributed by atoms with Crippen LogP contribution in [0.25, 0.3) is 0 Å². The molecular formula is C26H30N2O4S. The van der Waals surface area contributed by atoms with Gasteiger partial charge in [0.25, 0.3) is 5.91 Å². The van der Waals surface area contributed by atoms with Gasteiger partial charge in [-0.1, -0.05) is 6.07 Å². The summed E-state index contributed by atoms with van der Waals surface area (Å²) < 4.78 is 14.0. The number of morpholine rings is 1. The number of carbonyl (C=O) groups is 2. The van der Waals surface area contributed by atoms with Crippen molar-refractivity contribution in [1.82, 2.24) is 9.47 Å². The lowest BCUT2D eigenvalue weighted by molar-refractivity contribution is -0.0401. The molecule has 7 heteroatoms. The van der Waals surface area contributed by atoms with Gasteiger partial charge in [-0.3, -0.25) is 9.59 Å². The third kappa shape index (κ3) is 5.20. The van der Waals surface area contributed by atoms with Gasteiger partial charge in [-0.2, -0.15) is 0 Å². The minimum atomic E-state index is -0.204. The fourth-order valence-corrected chi connectivity index (χ4v) is 5.00. The first-order valence-corrected chi connectivity index (χ1v) is 12.1. The van der Waals surface area contributed by atoms with Crippen molar-refractivity contribution in [2.24, 2.45) is 0 Å². The van der Waals surface area contributed by atoms with Crippen molar-refractivity contribution >= 4 is 23.0 Å². The smallest absolute Gasteiger partial charge is 0.255 e. The summed E-state index contributed by atoms with van der Waals surface area (Å²) in [6.07, 6.45) is -0.204. The van der Waals surface area contributed by atoms with Crippen LogP contribution < -0.4 is 4.74 Å². The van der Waals surface area contributed by atoms with Crippen LogP contribution in [0.1, 0.15) is 49.5 Å². The molecule has 1 aliphatic rings. The molecule has 0 spiro atoms. The average molecular weight is 467 g/mol. The Morgan fingerprint density at radius 1 is 1.15 bits per heavy atom. The molecule has 0 saturated carbocycles. The Morgan fingerprint density at radius 2 is 1.97 bits per heavy atom. The van der Waals surface area contributed by atoms with E-state index >= 15 is 0 Å². The molecule has 1 saturated heterocycles. The highest BCUT2D eigenvalue weighted by Gasteiger charge is 2.28. The molecule has 4 rings (SSSR count). The molecule has 1 unspecified atom stereocenters. The van der Waals surface area contributed by atoms with Gasteiger partial charge in [0.15, 0.2) is 5.78 Å². The Morgan fingerprint density at radius 3 is 2.67 bits per heavy atom. The third-order valence-corrected chi connectivity index (χ3v) is 7.00. The number of ketones is 1. The summed E-state index contributed by atoms with van der Waals surface area (Å²) in [5, 5.41) is 2.07. The second-order valence-corrected chi connectivity index (χ2v) is 9.57. The summed E-state index contributed by atoms with van der Waals surface area (Å²) >= 11 is 1.72. The van der Waals surface area contributed by atoms with Crippen LogP contribution in [-0.4, -0.2) is 53.6 Å². The molecule has 1 atom stereocenters. The molecule has 6 nitrogen and oxygen atoms in total. The normalized spacial score (nSPS) is 16.1. The number of thiophene rings is 1. The van der Waals surface area contributed by atoms with Crippen molar-refractivity contribution in [3.8, 4) is 5.75 Å². The van der Waals surface area contributed by atoms with E-state index in [2.05, 4.69) is 22.1 Å². The number of hydrogen-bond acceptors (Lipinski definition) is 5. The second-order valence-electron chi connectivity index (χ2n) is 8.54. The Labute approximate surface area is 198 Å². The van der Waals surface area contributed by atoms with Crippen LogP contribution in [-0.2, 0) is 11.3 Å². The maximum absolute atomic E-state index is 13.3. The van der Waals surface area contributed by atoms with Gasteiger partial charge in [0.2, 0.25) is 0 Å². The van der Waals surface area contributed by atoms with Gasteiger partial charge in [0, 0.05) is 28.4 Å². The number of benzene rings is 1. The fourth-order valence-electron chi connectivity index (χ4n) is 4.30. The highest BCUT2D eigenvalue weighted by molar-refractivity contribution is 7.09. The van der Waals surface area contributed by atoms with Crippen LogP contribution in [0.5, 0.6) is 5.75 Å². The number of amides is 1. The largest absolute Gasteiger partial charge is 0.491 e. The van der Waals surface area contributed by atoms with Gasteiger partial charge in [-0.25, -0.2) is 0 Å². The number of ether oxygens (including phenoxy) is 2. The molecule has 0 N–H and O–H groups in total. The minimum Gasteiger partial charge on any atom is -0.491 e. The molecule has 0 bridgehead atoms. The summed E-state index contributed by atoms with van der Waals surface area (Å²) in [4.78, 5) is 28.1. The molecule has 174 valence electrons. The van der Waals surface area contributed by atoms with Crippen molar-refractivity contribution in [3.05, 3.63) is 74.7 Å². The lowest BCUT2D eigenvalue weighted by Gasteiger charge is -2.33. The first-order valence-electron chi connectivity index (χ1n) is 11.2. The second kappa shape index (κ2) is 9.93. The maximum atomic E-state index is 13.3. The van der Waals surface area contributed by atoms with Gasteiger partial charge in [-0.05, 0) is 69.0 Å². The van der Waals surface area contributed by atoms with E-state index < -0.39 is 0 Å². The summed E-state index contributed by atoms with van der Waals surface area (Å²) in [6, 6.07) is 11.6. The Balaban J connectivity index is 1.40. The molecule has 1 aliphatic heterocycles. The number of nitrogens with zero attached hydrogens (tertiary/aromatic N) is 2. The molecule has 0 aliphatic carbocycles. The SMILES string of the molecule is CC(=O)c1ccc(OCC2CN(C(=O)c3cc(C)n(Cc4cccs4)c3C)CCO2)cc1C. The van der Waals surface area contributed by atoms with E-state index in [1.807, 2.05) is 37.8 Å². The molecule has 2 aromatic heterocycles. The lowest BCUT2D eigenvalue weighted by Crippen LogP contribution is -2.47. The first-order chi connectivity index (χ1) is 15.8. The van der Waals surface area contributed by atoms with E-state index in [0.717, 1.165) is 29.1 Å². The molecule has 33 heavy (non-hydrogen) atoms. The summed E-state index contributed by atoms with van der Waals surface area (Å²) in [5.41, 5.74) is 4.41. The quantitative estimate of drug-likeness (QED) is 0.476. The predicted molar refractivity (Wildman–Crippen MR) is 130 cm³/mol. The molecule has 1 amide bonds. The molecule has 3 heterocycles. The predicted octanol–water partition coefficient (Wildman–Crippen LogP) is 4.65. The first kappa shape index (κ1) is 23.3. The Bertz CT molecular complexity index is 1150. The van der Waals surface area contributed by atoms with Crippen molar-refractivity contribution in [3.63, 3.8) is 0 Å². The van der Waals surface area contributed by atoms with E-state index in [0.29, 0.717) is 37.6 Å². The Hall–Kier alpha value is -2.90. The van der Waals surface area contributed by atoms with Crippen LogP contribution in [0.2, 0.25) is 0 Å². The van der Waals surface area contributed by atoms with Gasteiger partial charge in [0.1, 0.15) is 18.5 Å². The number of Topliss-reactive ketones (excluding diaryl/α,β-unsaturated/α-hetero) is 1. The van der Waals surface area contributed by atoms with E-state index in [9.17, 15) is 9.59 Å². The van der Waals surface area contributed by atoms with Crippen molar-refractivity contribution in [2.45, 2.75) is 40.3 Å². The third-order valence-electron chi connectivity index (χ3n) is 6.14. The van der Waals surface area contributed by atoms with Crippen LogP contribution in [0.4, 0.5) is 0 Å². The molecule has 3 aromatic rings. The zero-order valence-corrected chi connectivity index (χ0v) is 20.4. The van der Waals surface area contributed by atoms with Crippen LogP contribution in [0, 0.1) is 20.8 Å². The van der Waals surface area contributed by atoms with Crippen molar-refractivity contribution < 1.29 is 19.1 Å². The highest BCUT2D eigenvalue weighted by atomic mass is 32.1. The van der Waals surface area contributed by atoms with E-state index in [1.54, 1.807) is 30.4 Å². The average Bonchev–Trinajstić information content (AvgIpc) is 3.41. The van der Waals surface area contributed by atoms with Gasteiger partial charge < -0.3 is 18.9 Å². The van der Waals surface area contributed by atoms with Crippen molar-refractivity contribution in [1.29, 1.82) is 0 Å². The fraction of sp³-hybridized carbons (Fsp3) is 0.385. The molecule has 1 aromatic carbocycles. The summed E-state index contributed by atoms with van der Waals surface area (Å²) in [5.74, 6) is 0.774. The van der Waals surface area contributed by atoms with Crippen LogP contribution in [0.15, 0.2) is 41.8 Å².